The van der Waals surface area contributed by atoms with Gasteiger partial charge >= 0.3 is 0 Å². The summed E-state index contributed by atoms with van der Waals surface area (Å²) < 4.78 is 6.15. The van der Waals surface area contributed by atoms with E-state index in [0.29, 0.717) is 12.1 Å². The zero-order valence-corrected chi connectivity index (χ0v) is 13.7. The van der Waals surface area contributed by atoms with Crippen LogP contribution in [0.4, 0.5) is 0 Å². The van der Waals surface area contributed by atoms with E-state index in [-0.39, 0.29) is 0 Å². The number of likely N-dealkylation sites (N-methyl/N-ethyl adjacent to an activating group) is 1. The van der Waals surface area contributed by atoms with Crippen molar-refractivity contribution in [1.82, 2.24) is 5.32 Å². The number of hydrogen-bond acceptors (Lipinski definition) is 2. The molecule has 2 heteroatoms. The summed E-state index contributed by atoms with van der Waals surface area (Å²) in [6, 6.07) is 8.97. The third kappa shape index (κ3) is 5.03. The van der Waals surface area contributed by atoms with Crippen molar-refractivity contribution in [2.45, 2.75) is 77.4 Å². The molecule has 0 aromatic heterocycles. The molecule has 1 aliphatic heterocycles. The molecular weight excluding hydrogens is 258 g/mol. The summed E-state index contributed by atoms with van der Waals surface area (Å²) in [4.78, 5) is 0. The second kappa shape index (κ2) is 9.09. The second-order valence-corrected chi connectivity index (χ2v) is 6.19. The van der Waals surface area contributed by atoms with E-state index in [1.165, 1.54) is 50.5 Å². The number of hydrogen-bond donors (Lipinski definition) is 1. The largest absolute Gasteiger partial charge is 0.488 e. The zero-order valence-electron chi connectivity index (χ0n) is 13.7. The predicted molar refractivity (Wildman–Crippen MR) is 90.0 cm³/mol. The summed E-state index contributed by atoms with van der Waals surface area (Å²) in [6.45, 7) is 5.49. The van der Waals surface area contributed by atoms with Crippen LogP contribution in [0, 0.1) is 0 Å². The van der Waals surface area contributed by atoms with Crippen LogP contribution < -0.4 is 10.1 Å². The summed E-state index contributed by atoms with van der Waals surface area (Å²) in [7, 11) is 0. The SMILES string of the molecule is CCCCCCCCC(NCC)C1Cc2ccccc2O1. The van der Waals surface area contributed by atoms with Crippen LogP contribution in [0.5, 0.6) is 5.75 Å². The van der Waals surface area contributed by atoms with Gasteiger partial charge in [0.25, 0.3) is 0 Å². The van der Waals surface area contributed by atoms with Crippen molar-refractivity contribution in [3.05, 3.63) is 29.8 Å². The molecule has 0 saturated heterocycles. The van der Waals surface area contributed by atoms with Crippen LogP contribution >= 0.6 is 0 Å². The fourth-order valence-corrected chi connectivity index (χ4v) is 3.26. The van der Waals surface area contributed by atoms with Gasteiger partial charge < -0.3 is 10.1 Å². The average molecular weight is 289 g/mol. The Hall–Kier alpha value is -1.02. The smallest absolute Gasteiger partial charge is 0.123 e. The lowest BCUT2D eigenvalue weighted by atomic mass is 9.98. The van der Waals surface area contributed by atoms with Crippen molar-refractivity contribution in [1.29, 1.82) is 0 Å². The lowest BCUT2D eigenvalue weighted by molar-refractivity contribution is 0.171. The van der Waals surface area contributed by atoms with Gasteiger partial charge in [0, 0.05) is 12.5 Å². The first-order chi connectivity index (χ1) is 10.3. The summed E-state index contributed by atoms with van der Waals surface area (Å²) in [5.74, 6) is 1.09. The van der Waals surface area contributed by atoms with Crippen molar-refractivity contribution in [2.24, 2.45) is 0 Å². The molecule has 0 saturated carbocycles. The van der Waals surface area contributed by atoms with Crippen molar-refractivity contribution in [3.8, 4) is 5.75 Å². The van der Waals surface area contributed by atoms with Crippen LogP contribution in [0.1, 0.15) is 64.4 Å². The number of benzene rings is 1. The van der Waals surface area contributed by atoms with Gasteiger partial charge in [0.2, 0.25) is 0 Å². The van der Waals surface area contributed by atoms with E-state index in [1.807, 2.05) is 0 Å². The van der Waals surface area contributed by atoms with Gasteiger partial charge in [0.05, 0.1) is 0 Å². The van der Waals surface area contributed by atoms with Gasteiger partial charge in [-0.2, -0.15) is 0 Å². The fourth-order valence-electron chi connectivity index (χ4n) is 3.26. The molecule has 2 rings (SSSR count). The van der Waals surface area contributed by atoms with Crippen LogP contribution in [-0.4, -0.2) is 18.7 Å². The molecule has 1 N–H and O–H groups in total. The Bertz CT molecular complexity index is 379. The minimum absolute atomic E-state index is 0.318. The van der Waals surface area contributed by atoms with E-state index < -0.39 is 0 Å². The van der Waals surface area contributed by atoms with E-state index in [0.717, 1.165) is 18.7 Å². The lowest BCUT2D eigenvalue weighted by Crippen LogP contribution is -2.42. The lowest BCUT2D eigenvalue weighted by Gasteiger charge is -2.24. The highest BCUT2D eigenvalue weighted by molar-refractivity contribution is 5.37. The first-order valence-electron chi connectivity index (χ1n) is 8.83. The molecule has 0 aliphatic carbocycles. The number of fused-ring (bicyclic) bond motifs is 1. The highest BCUT2D eigenvalue weighted by Crippen LogP contribution is 2.30. The fraction of sp³-hybridized carbons (Fsp3) is 0.684. The predicted octanol–water partition coefficient (Wildman–Crippen LogP) is 4.72. The molecular formula is C19H31NO. The van der Waals surface area contributed by atoms with Gasteiger partial charge in [-0.1, -0.05) is 70.6 Å². The number of rotatable bonds is 10. The van der Waals surface area contributed by atoms with Crippen molar-refractivity contribution in [2.75, 3.05) is 6.54 Å². The highest BCUT2D eigenvalue weighted by atomic mass is 16.5. The Morgan fingerprint density at radius 1 is 1.10 bits per heavy atom. The Morgan fingerprint density at radius 3 is 2.62 bits per heavy atom. The molecule has 1 aromatic rings. The van der Waals surface area contributed by atoms with Crippen LogP contribution in [0.2, 0.25) is 0 Å². The van der Waals surface area contributed by atoms with E-state index in [2.05, 4.69) is 43.4 Å². The van der Waals surface area contributed by atoms with Crippen molar-refractivity contribution in [3.63, 3.8) is 0 Å². The summed E-state index contributed by atoms with van der Waals surface area (Å²) in [5, 5.41) is 3.64. The van der Waals surface area contributed by atoms with Crippen LogP contribution in [0.15, 0.2) is 24.3 Å². The summed E-state index contributed by atoms with van der Waals surface area (Å²) in [5.41, 5.74) is 1.37. The van der Waals surface area contributed by atoms with E-state index >= 15 is 0 Å². The first kappa shape index (κ1) is 16.4. The van der Waals surface area contributed by atoms with E-state index in [1.54, 1.807) is 0 Å². The Balaban J connectivity index is 1.75. The van der Waals surface area contributed by atoms with Crippen molar-refractivity contribution < 1.29 is 4.74 Å². The Kier molecular flexibility index (Phi) is 7.08. The molecule has 1 aromatic carbocycles. The molecule has 1 heterocycles. The van der Waals surface area contributed by atoms with Crippen LogP contribution in [0.3, 0.4) is 0 Å². The maximum Gasteiger partial charge on any atom is 0.123 e. The number of ether oxygens (including phenoxy) is 1. The third-order valence-electron chi connectivity index (χ3n) is 4.46. The minimum Gasteiger partial charge on any atom is -0.488 e. The Morgan fingerprint density at radius 2 is 1.86 bits per heavy atom. The number of para-hydroxylation sites is 1. The zero-order chi connectivity index (χ0) is 14.9. The molecule has 0 bridgehead atoms. The molecule has 0 radical (unpaired) electrons. The molecule has 2 unspecified atom stereocenters. The maximum absolute atomic E-state index is 6.15. The van der Waals surface area contributed by atoms with E-state index in [4.69, 9.17) is 4.74 Å². The molecule has 0 spiro atoms. The number of unbranched alkanes of at least 4 members (excludes halogenated alkanes) is 5. The monoisotopic (exact) mass is 289 g/mol. The van der Waals surface area contributed by atoms with Gasteiger partial charge in [-0.15, -0.1) is 0 Å². The van der Waals surface area contributed by atoms with Gasteiger partial charge in [-0.3, -0.25) is 0 Å². The van der Waals surface area contributed by atoms with Crippen LogP contribution in [-0.2, 0) is 6.42 Å². The molecule has 0 fully saturated rings. The second-order valence-electron chi connectivity index (χ2n) is 6.19. The van der Waals surface area contributed by atoms with Crippen molar-refractivity contribution >= 4 is 0 Å². The Labute approximate surface area is 130 Å². The van der Waals surface area contributed by atoms with Gasteiger partial charge in [-0.25, -0.2) is 0 Å². The molecule has 2 nitrogen and oxygen atoms in total. The van der Waals surface area contributed by atoms with Gasteiger partial charge in [0.1, 0.15) is 11.9 Å². The van der Waals surface area contributed by atoms with Gasteiger partial charge in [-0.05, 0) is 24.6 Å². The summed E-state index contributed by atoms with van der Waals surface area (Å²) >= 11 is 0. The standard InChI is InChI=1S/C19H31NO/c1-3-5-6-7-8-9-13-17(20-4-2)19-15-16-12-10-11-14-18(16)21-19/h10-12,14,17,19-20H,3-9,13,15H2,1-2H3. The normalized spacial score (nSPS) is 18.3. The minimum atomic E-state index is 0.318. The molecule has 1 aliphatic rings. The summed E-state index contributed by atoms with van der Waals surface area (Å²) in [6.07, 6.45) is 10.8. The average Bonchev–Trinajstić information content (AvgIpc) is 2.93. The molecule has 0 amide bonds. The quantitative estimate of drug-likeness (QED) is 0.629. The first-order valence-corrected chi connectivity index (χ1v) is 8.83. The maximum atomic E-state index is 6.15. The molecule has 2 atom stereocenters. The topological polar surface area (TPSA) is 21.3 Å². The third-order valence-corrected chi connectivity index (χ3v) is 4.46. The van der Waals surface area contributed by atoms with Crippen LogP contribution in [0.25, 0.3) is 0 Å². The van der Waals surface area contributed by atoms with Gasteiger partial charge in [0.15, 0.2) is 0 Å². The molecule has 118 valence electrons. The molecule has 21 heavy (non-hydrogen) atoms. The highest BCUT2D eigenvalue weighted by Gasteiger charge is 2.29. The number of nitrogens with one attached hydrogen (secondary N) is 1. The van der Waals surface area contributed by atoms with E-state index in [9.17, 15) is 0 Å².